The van der Waals surface area contributed by atoms with Gasteiger partial charge in [-0.2, -0.15) is 0 Å². The molecule has 136 valence electrons. The first kappa shape index (κ1) is 19.4. The molecular formula is C21H23NO4. The van der Waals surface area contributed by atoms with Gasteiger partial charge in [-0.3, -0.25) is 0 Å². The van der Waals surface area contributed by atoms with Crippen LogP contribution in [0.15, 0.2) is 54.6 Å². The van der Waals surface area contributed by atoms with Crippen molar-refractivity contribution in [2.24, 2.45) is 0 Å². The predicted octanol–water partition coefficient (Wildman–Crippen LogP) is 3.38. The Hall–Kier alpha value is -2.97. The molecule has 2 aromatic rings. The van der Waals surface area contributed by atoms with Gasteiger partial charge in [-0.1, -0.05) is 42.2 Å². The van der Waals surface area contributed by atoms with Gasteiger partial charge < -0.3 is 19.5 Å². The van der Waals surface area contributed by atoms with Crippen LogP contribution in [0.3, 0.4) is 0 Å². The van der Waals surface area contributed by atoms with E-state index in [0.717, 1.165) is 16.9 Å². The third kappa shape index (κ3) is 7.73. The minimum atomic E-state index is -0.437. The Morgan fingerprint density at radius 1 is 1.04 bits per heavy atom. The second-order valence-corrected chi connectivity index (χ2v) is 5.41. The first-order chi connectivity index (χ1) is 12.8. The second-order valence-electron chi connectivity index (χ2n) is 5.41. The maximum atomic E-state index is 11.6. The zero-order chi connectivity index (χ0) is 18.5. The SMILES string of the molecule is COCCOc1ccc(C#CCCNC(=O)OCc2ccccc2)cc1. The summed E-state index contributed by atoms with van der Waals surface area (Å²) in [4.78, 5) is 11.6. The van der Waals surface area contributed by atoms with E-state index in [9.17, 15) is 4.79 Å². The maximum Gasteiger partial charge on any atom is 0.407 e. The molecule has 0 atom stereocenters. The van der Waals surface area contributed by atoms with E-state index in [1.54, 1.807) is 7.11 Å². The molecule has 5 nitrogen and oxygen atoms in total. The van der Waals surface area contributed by atoms with Gasteiger partial charge in [-0.15, -0.1) is 0 Å². The van der Waals surface area contributed by atoms with Crippen molar-refractivity contribution in [2.75, 3.05) is 26.9 Å². The molecule has 5 heteroatoms. The van der Waals surface area contributed by atoms with Crippen molar-refractivity contribution < 1.29 is 19.0 Å². The molecule has 1 amide bonds. The summed E-state index contributed by atoms with van der Waals surface area (Å²) in [7, 11) is 1.64. The van der Waals surface area contributed by atoms with Crippen molar-refractivity contribution in [3.05, 3.63) is 65.7 Å². The topological polar surface area (TPSA) is 56.8 Å². The Morgan fingerprint density at radius 3 is 2.54 bits per heavy atom. The number of amides is 1. The largest absolute Gasteiger partial charge is 0.491 e. The van der Waals surface area contributed by atoms with E-state index in [1.165, 1.54) is 0 Å². The molecule has 0 fully saturated rings. The molecule has 0 aromatic heterocycles. The highest BCUT2D eigenvalue weighted by Crippen LogP contribution is 2.11. The first-order valence-electron chi connectivity index (χ1n) is 8.43. The van der Waals surface area contributed by atoms with Crippen molar-refractivity contribution in [2.45, 2.75) is 13.0 Å². The van der Waals surface area contributed by atoms with E-state index in [-0.39, 0.29) is 6.61 Å². The number of hydrogen-bond acceptors (Lipinski definition) is 4. The van der Waals surface area contributed by atoms with E-state index >= 15 is 0 Å². The van der Waals surface area contributed by atoms with Gasteiger partial charge in [-0.25, -0.2) is 4.79 Å². The molecule has 0 heterocycles. The molecule has 0 aliphatic rings. The lowest BCUT2D eigenvalue weighted by atomic mass is 10.2. The number of benzene rings is 2. The number of rotatable bonds is 8. The van der Waals surface area contributed by atoms with Crippen LogP contribution in [0.1, 0.15) is 17.5 Å². The highest BCUT2D eigenvalue weighted by molar-refractivity contribution is 5.67. The summed E-state index contributed by atoms with van der Waals surface area (Å²) in [6.45, 7) is 1.78. The lowest BCUT2D eigenvalue weighted by Gasteiger charge is -2.05. The predicted molar refractivity (Wildman–Crippen MR) is 99.9 cm³/mol. The number of alkyl carbamates (subject to hydrolysis) is 1. The fourth-order valence-corrected chi connectivity index (χ4v) is 2.04. The summed E-state index contributed by atoms with van der Waals surface area (Å²) in [5, 5.41) is 2.68. The van der Waals surface area contributed by atoms with Crippen LogP contribution < -0.4 is 10.1 Å². The van der Waals surface area contributed by atoms with Crippen LogP contribution in [-0.4, -0.2) is 33.0 Å². The van der Waals surface area contributed by atoms with Crippen molar-refractivity contribution in [3.63, 3.8) is 0 Å². The van der Waals surface area contributed by atoms with Crippen LogP contribution in [0.2, 0.25) is 0 Å². The van der Waals surface area contributed by atoms with Crippen LogP contribution in [-0.2, 0) is 16.1 Å². The molecule has 2 rings (SSSR count). The number of nitrogens with one attached hydrogen (secondary N) is 1. The molecule has 0 radical (unpaired) electrons. The maximum absolute atomic E-state index is 11.6. The van der Waals surface area contributed by atoms with Crippen molar-refractivity contribution >= 4 is 6.09 Å². The Kier molecular flexibility index (Phi) is 8.61. The zero-order valence-corrected chi connectivity index (χ0v) is 14.9. The second kappa shape index (κ2) is 11.6. The van der Waals surface area contributed by atoms with Crippen LogP contribution in [0.25, 0.3) is 0 Å². The lowest BCUT2D eigenvalue weighted by molar-refractivity contribution is 0.140. The van der Waals surface area contributed by atoms with Gasteiger partial charge in [0.1, 0.15) is 19.0 Å². The molecule has 0 saturated carbocycles. The summed E-state index contributed by atoms with van der Waals surface area (Å²) in [5.74, 6) is 6.86. The molecule has 1 N–H and O–H groups in total. The highest BCUT2D eigenvalue weighted by atomic mass is 16.5. The summed E-state index contributed by atoms with van der Waals surface area (Å²) in [5.41, 5.74) is 1.85. The van der Waals surface area contributed by atoms with Gasteiger partial charge in [0, 0.05) is 25.6 Å². The number of ether oxygens (including phenoxy) is 3. The van der Waals surface area contributed by atoms with Crippen molar-refractivity contribution in [3.8, 4) is 17.6 Å². The Labute approximate surface area is 154 Å². The van der Waals surface area contributed by atoms with E-state index in [4.69, 9.17) is 14.2 Å². The van der Waals surface area contributed by atoms with Gasteiger partial charge in [0.15, 0.2) is 0 Å². The molecule has 0 bridgehead atoms. The van der Waals surface area contributed by atoms with Crippen LogP contribution >= 0.6 is 0 Å². The number of hydrogen-bond donors (Lipinski definition) is 1. The third-order valence-corrected chi connectivity index (χ3v) is 3.38. The first-order valence-corrected chi connectivity index (χ1v) is 8.43. The molecule has 2 aromatic carbocycles. The quantitative estimate of drug-likeness (QED) is 0.584. The van der Waals surface area contributed by atoms with E-state index in [2.05, 4.69) is 17.2 Å². The monoisotopic (exact) mass is 353 g/mol. The number of carbonyl (C=O) groups excluding carboxylic acids is 1. The average Bonchev–Trinajstić information content (AvgIpc) is 2.68. The molecule has 0 aliphatic heterocycles. The van der Waals surface area contributed by atoms with Gasteiger partial charge >= 0.3 is 6.09 Å². The standard InChI is InChI=1S/C21H23NO4/c1-24-15-16-25-20-12-10-18(11-13-20)7-5-6-14-22-21(23)26-17-19-8-3-2-4-9-19/h2-4,8-13H,6,14-17H2,1H3,(H,22,23). The van der Waals surface area contributed by atoms with E-state index < -0.39 is 6.09 Å². The third-order valence-electron chi connectivity index (χ3n) is 3.38. The Morgan fingerprint density at radius 2 is 1.81 bits per heavy atom. The van der Waals surface area contributed by atoms with Crippen molar-refractivity contribution in [1.29, 1.82) is 0 Å². The lowest BCUT2D eigenvalue weighted by Crippen LogP contribution is -2.24. The van der Waals surface area contributed by atoms with Crippen LogP contribution in [0.4, 0.5) is 4.79 Å². The minimum Gasteiger partial charge on any atom is -0.491 e. The Bertz CT molecular complexity index is 717. The summed E-state index contributed by atoms with van der Waals surface area (Å²) < 4.78 is 15.5. The van der Waals surface area contributed by atoms with Gasteiger partial charge in [0.25, 0.3) is 0 Å². The Balaban J connectivity index is 1.63. The molecule has 0 unspecified atom stereocenters. The van der Waals surface area contributed by atoms with Gasteiger partial charge in [0.2, 0.25) is 0 Å². The summed E-state index contributed by atoms with van der Waals surface area (Å²) in [6.07, 6.45) is 0.111. The smallest absolute Gasteiger partial charge is 0.407 e. The normalized spacial score (nSPS) is 9.73. The molecule has 0 spiro atoms. The van der Waals surface area contributed by atoms with E-state index in [0.29, 0.717) is 26.2 Å². The highest BCUT2D eigenvalue weighted by Gasteiger charge is 2.00. The van der Waals surface area contributed by atoms with Gasteiger partial charge in [-0.05, 0) is 29.8 Å². The van der Waals surface area contributed by atoms with Gasteiger partial charge in [0.05, 0.1) is 6.61 Å². The fraction of sp³-hybridized carbons (Fsp3) is 0.286. The number of methoxy groups -OCH3 is 1. The zero-order valence-electron chi connectivity index (χ0n) is 14.9. The van der Waals surface area contributed by atoms with Crippen LogP contribution in [0, 0.1) is 11.8 Å². The van der Waals surface area contributed by atoms with E-state index in [1.807, 2.05) is 54.6 Å². The molecule has 0 saturated heterocycles. The van der Waals surface area contributed by atoms with Crippen LogP contribution in [0.5, 0.6) is 5.75 Å². The molecule has 0 aliphatic carbocycles. The summed E-state index contributed by atoms with van der Waals surface area (Å²) >= 11 is 0. The molecule has 26 heavy (non-hydrogen) atoms. The summed E-state index contributed by atoms with van der Waals surface area (Å²) in [6, 6.07) is 17.1. The number of carbonyl (C=O) groups is 1. The molecular weight excluding hydrogens is 330 g/mol. The average molecular weight is 353 g/mol. The van der Waals surface area contributed by atoms with Crippen molar-refractivity contribution in [1.82, 2.24) is 5.32 Å². The fourth-order valence-electron chi connectivity index (χ4n) is 2.04. The minimum absolute atomic E-state index is 0.261.